The molecule has 2 heteroatoms. The van der Waals surface area contributed by atoms with Gasteiger partial charge in [0.15, 0.2) is 0 Å². The lowest BCUT2D eigenvalue weighted by atomic mass is 10.2. The molecular weight excluding hydrogens is 182 g/mol. The minimum absolute atomic E-state index is 0.831. The zero-order valence-corrected chi connectivity index (χ0v) is 9.52. The van der Waals surface area contributed by atoms with Crippen molar-refractivity contribution in [3.63, 3.8) is 0 Å². The fraction of sp³-hybridized carbons (Fsp3) is 1.00. The average Bonchev–Trinajstić information content (AvgIpc) is 2.93. The van der Waals surface area contributed by atoms with Crippen LogP contribution in [0, 0.1) is 0 Å². The van der Waals surface area contributed by atoms with Crippen LogP contribution in [-0.2, 0) is 0 Å². The topological polar surface area (TPSA) is 3.24 Å². The van der Waals surface area contributed by atoms with Gasteiger partial charge >= 0.3 is 0 Å². The molecule has 1 aliphatic rings. The van der Waals surface area contributed by atoms with E-state index in [4.69, 9.17) is 11.6 Å². The molecule has 0 unspecified atom stereocenters. The van der Waals surface area contributed by atoms with Gasteiger partial charge in [0.1, 0.15) is 0 Å². The summed E-state index contributed by atoms with van der Waals surface area (Å²) in [5, 5.41) is 0. The summed E-state index contributed by atoms with van der Waals surface area (Å²) in [6, 6.07) is 0.941. The maximum atomic E-state index is 5.64. The molecule has 0 N–H and O–H groups in total. The fourth-order valence-corrected chi connectivity index (χ4v) is 1.98. The highest BCUT2D eigenvalue weighted by Gasteiger charge is 2.27. The highest BCUT2D eigenvalue weighted by Crippen LogP contribution is 2.27. The van der Waals surface area contributed by atoms with Crippen LogP contribution in [0.1, 0.15) is 45.4 Å². The molecule has 0 saturated heterocycles. The lowest BCUT2D eigenvalue weighted by Gasteiger charge is -2.20. The SMILES string of the molecule is CCCN(CCCCCCl)C1CC1. The largest absolute Gasteiger partial charge is 0.300 e. The Bertz CT molecular complexity index is 123. The van der Waals surface area contributed by atoms with E-state index in [0.29, 0.717) is 0 Å². The van der Waals surface area contributed by atoms with Crippen molar-refractivity contribution in [1.82, 2.24) is 4.90 Å². The Labute approximate surface area is 87.4 Å². The monoisotopic (exact) mass is 203 g/mol. The summed E-state index contributed by atoms with van der Waals surface area (Å²) in [7, 11) is 0. The third kappa shape index (κ3) is 4.87. The highest BCUT2D eigenvalue weighted by molar-refractivity contribution is 6.17. The zero-order valence-electron chi connectivity index (χ0n) is 8.77. The number of hydrogen-bond donors (Lipinski definition) is 0. The molecule has 1 nitrogen and oxygen atoms in total. The first-order chi connectivity index (χ1) is 6.38. The van der Waals surface area contributed by atoms with Gasteiger partial charge < -0.3 is 4.90 Å². The molecule has 0 atom stereocenters. The Morgan fingerprint density at radius 1 is 1.15 bits per heavy atom. The summed E-state index contributed by atoms with van der Waals surface area (Å²) in [6.07, 6.45) is 8.00. The molecule has 0 aromatic carbocycles. The average molecular weight is 204 g/mol. The van der Waals surface area contributed by atoms with E-state index < -0.39 is 0 Å². The first kappa shape index (κ1) is 11.3. The Kier molecular flexibility index (Phi) is 5.81. The number of hydrogen-bond acceptors (Lipinski definition) is 1. The lowest BCUT2D eigenvalue weighted by molar-refractivity contribution is 0.258. The molecule has 13 heavy (non-hydrogen) atoms. The molecule has 0 aromatic rings. The van der Waals surface area contributed by atoms with Gasteiger partial charge in [-0.3, -0.25) is 0 Å². The number of nitrogens with zero attached hydrogens (tertiary/aromatic N) is 1. The smallest absolute Gasteiger partial charge is 0.0223 e. The van der Waals surface area contributed by atoms with Crippen LogP contribution in [-0.4, -0.2) is 29.9 Å². The Balaban J connectivity index is 2.00. The second-order valence-electron chi connectivity index (χ2n) is 4.02. The van der Waals surface area contributed by atoms with Gasteiger partial charge in [0.2, 0.25) is 0 Å². The second-order valence-corrected chi connectivity index (χ2v) is 4.39. The third-order valence-electron chi connectivity index (χ3n) is 2.65. The Hall–Kier alpha value is 0.250. The van der Waals surface area contributed by atoms with Crippen LogP contribution in [0.3, 0.4) is 0 Å². The summed E-state index contributed by atoms with van der Waals surface area (Å²) >= 11 is 5.64. The van der Waals surface area contributed by atoms with Crippen molar-refractivity contribution < 1.29 is 0 Å². The van der Waals surface area contributed by atoms with Crippen molar-refractivity contribution in [2.24, 2.45) is 0 Å². The maximum absolute atomic E-state index is 5.64. The first-order valence-electron chi connectivity index (χ1n) is 5.68. The molecule has 0 aromatic heterocycles. The molecular formula is C11H22ClN. The van der Waals surface area contributed by atoms with E-state index in [1.54, 1.807) is 0 Å². The van der Waals surface area contributed by atoms with Crippen LogP contribution in [0.2, 0.25) is 0 Å². The normalized spacial score (nSPS) is 16.8. The maximum Gasteiger partial charge on any atom is 0.0223 e. The van der Waals surface area contributed by atoms with E-state index >= 15 is 0 Å². The molecule has 1 rings (SSSR count). The van der Waals surface area contributed by atoms with Crippen LogP contribution >= 0.6 is 11.6 Å². The Morgan fingerprint density at radius 2 is 1.92 bits per heavy atom. The zero-order chi connectivity index (χ0) is 9.52. The van der Waals surface area contributed by atoms with Crippen molar-refractivity contribution in [3.8, 4) is 0 Å². The minimum Gasteiger partial charge on any atom is -0.300 e. The van der Waals surface area contributed by atoms with Gasteiger partial charge in [0.25, 0.3) is 0 Å². The van der Waals surface area contributed by atoms with Gasteiger partial charge in [-0.05, 0) is 45.2 Å². The fourth-order valence-electron chi connectivity index (χ4n) is 1.79. The van der Waals surface area contributed by atoms with Gasteiger partial charge in [0.05, 0.1) is 0 Å². The van der Waals surface area contributed by atoms with E-state index in [-0.39, 0.29) is 0 Å². The molecule has 0 radical (unpaired) electrons. The molecule has 1 fully saturated rings. The van der Waals surface area contributed by atoms with E-state index in [0.717, 1.165) is 11.9 Å². The van der Waals surface area contributed by atoms with Crippen molar-refractivity contribution in [1.29, 1.82) is 0 Å². The van der Waals surface area contributed by atoms with Crippen LogP contribution in [0.5, 0.6) is 0 Å². The molecule has 78 valence electrons. The molecule has 1 aliphatic carbocycles. The van der Waals surface area contributed by atoms with E-state index in [2.05, 4.69) is 11.8 Å². The van der Waals surface area contributed by atoms with Crippen LogP contribution in [0.25, 0.3) is 0 Å². The molecule has 0 heterocycles. The number of unbranched alkanes of at least 4 members (excludes halogenated alkanes) is 2. The lowest BCUT2D eigenvalue weighted by Crippen LogP contribution is -2.27. The van der Waals surface area contributed by atoms with Crippen LogP contribution < -0.4 is 0 Å². The summed E-state index contributed by atoms with van der Waals surface area (Å²) in [5.74, 6) is 0.831. The number of rotatable bonds is 8. The number of alkyl halides is 1. The van der Waals surface area contributed by atoms with Crippen molar-refractivity contribution in [2.45, 2.75) is 51.5 Å². The van der Waals surface area contributed by atoms with E-state index in [1.165, 1.54) is 51.6 Å². The Morgan fingerprint density at radius 3 is 2.46 bits per heavy atom. The van der Waals surface area contributed by atoms with Gasteiger partial charge in [0, 0.05) is 11.9 Å². The predicted octanol–water partition coefficient (Wildman–Crippen LogP) is 3.27. The highest BCUT2D eigenvalue weighted by atomic mass is 35.5. The predicted molar refractivity (Wildman–Crippen MR) is 59.5 cm³/mol. The van der Waals surface area contributed by atoms with Crippen molar-refractivity contribution in [3.05, 3.63) is 0 Å². The molecule has 0 bridgehead atoms. The quantitative estimate of drug-likeness (QED) is 0.433. The van der Waals surface area contributed by atoms with Gasteiger partial charge in [-0.25, -0.2) is 0 Å². The standard InChI is InChI=1S/C11H22ClN/c1-2-9-13(11-6-7-11)10-5-3-4-8-12/h11H,2-10H2,1H3. The first-order valence-corrected chi connectivity index (χ1v) is 6.22. The summed E-state index contributed by atoms with van der Waals surface area (Å²) in [4.78, 5) is 2.66. The second kappa shape index (κ2) is 6.67. The molecule has 0 aliphatic heterocycles. The van der Waals surface area contributed by atoms with Gasteiger partial charge in [-0.15, -0.1) is 11.6 Å². The summed E-state index contributed by atoms with van der Waals surface area (Å²) < 4.78 is 0. The summed E-state index contributed by atoms with van der Waals surface area (Å²) in [6.45, 7) is 4.87. The van der Waals surface area contributed by atoms with Gasteiger partial charge in [-0.2, -0.15) is 0 Å². The molecule has 0 amide bonds. The minimum atomic E-state index is 0.831. The van der Waals surface area contributed by atoms with Gasteiger partial charge in [-0.1, -0.05) is 13.3 Å². The molecule has 1 saturated carbocycles. The van der Waals surface area contributed by atoms with E-state index in [9.17, 15) is 0 Å². The number of halogens is 1. The van der Waals surface area contributed by atoms with E-state index in [1.807, 2.05) is 0 Å². The van der Waals surface area contributed by atoms with Crippen LogP contribution in [0.15, 0.2) is 0 Å². The third-order valence-corrected chi connectivity index (χ3v) is 2.92. The molecule has 0 spiro atoms. The van der Waals surface area contributed by atoms with Crippen molar-refractivity contribution >= 4 is 11.6 Å². The van der Waals surface area contributed by atoms with Crippen LogP contribution in [0.4, 0.5) is 0 Å². The summed E-state index contributed by atoms with van der Waals surface area (Å²) in [5.41, 5.74) is 0. The van der Waals surface area contributed by atoms with Crippen molar-refractivity contribution in [2.75, 3.05) is 19.0 Å².